The molecule has 2 aromatic heterocycles. The summed E-state index contributed by atoms with van der Waals surface area (Å²) in [5.41, 5.74) is 2.01. The summed E-state index contributed by atoms with van der Waals surface area (Å²) in [4.78, 5) is 61.1. The number of hydrogen-bond donors (Lipinski definition) is 4. The van der Waals surface area contributed by atoms with Crippen LogP contribution in [0.5, 0.6) is 0 Å². The molecule has 0 aliphatic carbocycles. The fourth-order valence-electron chi connectivity index (χ4n) is 5.28. The average Bonchev–Trinajstić information content (AvgIpc) is 3.67. The van der Waals surface area contributed by atoms with E-state index in [1.807, 2.05) is 30.5 Å². The van der Waals surface area contributed by atoms with E-state index in [9.17, 15) is 23.6 Å². The number of carbonyl (C=O) groups excluding carboxylic acids is 4. The van der Waals surface area contributed by atoms with Gasteiger partial charge < -0.3 is 30.4 Å². The third-order valence-corrected chi connectivity index (χ3v) is 7.73. The first-order chi connectivity index (χ1) is 21.8. The molecule has 4 N–H and O–H groups in total. The van der Waals surface area contributed by atoms with Crippen molar-refractivity contribution in [3.8, 4) is 11.4 Å². The number of nitrogens with one attached hydrogen (secondary N) is 4. The number of halogens is 1. The Hall–Kier alpha value is -5.07. The fourth-order valence-corrected chi connectivity index (χ4v) is 5.28. The van der Waals surface area contributed by atoms with Gasteiger partial charge in [0.05, 0.1) is 5.56 Å². The third-order valence-electron chi connectivity index (χ3n) is 7.73. The Morgan fingerprint density at radius 1 is 1.02 bits per heavy atom. The van der Waals surface area contributed by atoms with Crippen LogP contribution in [0.3, 0.4) is 0 Å². The number of hydrogen-bond acceptors (Lipinski definition) is 7. The van der Waals surface area contributed by atoms with E-state index in [0.29, 0.717) is 25.9 Å². The van der Waals surface area contributed by atoms with Crippen molar-refractivity contribution in [3.63, 3.8) is 0 Å². The van der Waals surface area contributed by atoms with Gasteiger partial charge in [0.1, 0.15) is 17.9 Å². The molecule has 1 fully saturated rings. The first kappa shape index (κ1) is 31.4. The molecule has 1 aliphatic heterocycles. The number of amides is 4. The van der Waals surface area contributed by atoms with Crippen LogP contribution in [-0.4, -0.2) is 75.4 Å². The summed E-state index contributed by atoms with van der Waals surface area (Å²) in [6.07, 6.45) is 3.28. The summed E-state index contributed by atoms with van der Waals surface area (Å²) >= 11 is 0. The number of fused-ring (bicyclic) bond motifs is 1. The van der Waals surface area contributed by atoms with Crippen LogP contribution in [0.2, 0.25) is 0 Å². The Morgan fingerprint density at radius 3 is 2.64 bits per heavy atom. The monoisotopic (exact) mass is 617 g/mol. The molecular formula is C32H36FN7O5. The quantitative estimate of drug-likeness (QED) is 0.259. The van der Waals surface area contributed by atoms with Gasteiger partial charge in [0.25, 0.3) is 0 Å². The van der Waals surface area contributed by atoms with Crippen LogP contribution < -0.4 is 16.0 Å². The topological polar surface area (TPSA) is 162 Å². The molecular weight excluding hydrogens is 581 g/mol. The Morgan fingerprint density at radius 2 is 1.80 bits per heavy atom. The highest BCUT2D eigenvalue weighted by atomic mass is 19.1. The molecule has 4 amide bonds. The van der Waals surface area contributed by atoms with Gasteiger partial charge in [0.15, 0.2) is 0 Å². The number of carbonyl (C=O) groups is 4. The number of rotatable bonds is 6. The molecule has 45 heavy (non-hydrogen) atoms. The highest BCUT2D eigenvalue weighted by Gasteiger charge is 2.26. The maximum absolute atomic E-state index is 14.1. The van der Waals surface area contributed by atoms with Crippen molar-refractivity contribution in [2.24, 2.45) is 0 Å². The number of aromatic nitrogens is 3. The van der Waals surface area contributed by atoms with E-state index < -0.39 is 23.8 Å². The van der Waals surface area contributed by atoms with Crippen LogP contribution in [0.4, 0.5) is 4.39 Å². The van der Waals surface area contributed by atoms with Crippen molar-refractivity contribution in [2.75, 3.05) is 19.6 Å². The van der Waals surface area contributed by atoms with E-state index in [1.54, 1.807) is 30.0 Å². The van der Waals surface area contributed by atoms with Crippen molar-refractivity contribution in [2.45, 2.75) is 57.5 Å². The van der Waals surface area contributed by atoms with Gasteiger partial charge in [-0.1, -0.05) is 35.5 Å². The lowest BCUT2D eigenvalue weighted by Crippen LogP contribution is -2.53. The summed E-state index contributed by atoms with van der Waals surface area (Å²) in [6, 6.07) is 12.1. The van der Waals surface area contributed by atoms with Gasteiger partial charge in [0, 0.05) is 62.4 Å². The second-order valence-corrected chi connectivity index (χ2v) is 11.0. The molecule has 0 bridgehead atoms. The van der Waals surface area contributed by atoms with Gasteiger partial charge in [-0.25, -0.2) is 4.39 Å². The first-order valence-corrected chi connectivity index (χ1v) is 15.1. The van der Waals surface area contributed by atoms with E-state index in [1.165, 1.54) is 6.07 Å². The van der Waals surface area contributed by atoms with E-state index in [-0.39, 0.29) is 67.2 Å². The van der Waals surface area contributed by atoms with E-state index in [0.717, 1.165) is 16.5 Å². The minimum Gasteiger partial charge on any atom is -0.361 e. The van der Waals surface area contributed by atoms with Crippen LogP contribution in [-0.2, 0) is 32.0 Å². The summed E-state index contributed by atoms with van der Waals surface area (Å²) < 4.78 is 19.3. The third kappa shape index (κ3) is 8.11. The summed E-state index contributed by atoms with van der Waals surface area (Å²) in [5.74, 6) is -1.49. The Bertz CT molecular complexity index is 1670. The number of para-hydroxylation sites is 1. The molecule has 0 radical (unpaired) electrons. The smallest absolute Gasteiger partial charge is 0.242 e. The molecule has 1 saturated heterocycles. The molecule has 236 valence electrons. The van der Waals surface area contributed by atoms with Gasteiger partial charge in [-0.3, -0.25) is 19.2 Å². The lowest BCUT2D eigenvalue weighted by molar-refractivity contribution is -0.132. The molecule has 3 heterocycles. The fraction of sp³-hybridized carbons (Fsp3) is 0.375. The van der Waals surface area contributed by atoms with Crippen molar-refractivity contribution in [3.05, 3.63) is 72.0 Å². The molecule has 13 heteroatoms. The van der Waals surface area contributed by atoms with Gasteiger partial charge in [-0.2, -0.15) is 4.98 Å². The highest BCUT2D eigenvalue weighted by Crippen LogP contribution is 2.21. The van der Waals surface area contributed by atoms with Crippen LogP contribution >= 0.6 is 0 Å². The Kier molecular flexibility index (Phi) is 10.2. The lowest BCUT2D eigenvalue weighted by Gasteiger charge is -2.23. The summed E-state index contributed by atoms with van der Waals surface area (Å²) in [5, 5.41) is 13.2. The maximum atomic E-state index is 14.1. The standard InChI is InChI=1S/C32H36FN7O5/c1-20-31(43)37-26(18-21-19-35-25-11-5-3-8-22(21)25)32(44)34-15-7-17-40(16-6-12-27(41)36-20)29(42)14-13-28-38-30(39-45-28)23-9-2-4-10-24(23)33/h2-5,8-11,19-20,26,35H,6-7,12-18H2,1H3,(H,34,44)(H,36,41)(H,37,43)/t20-,26+/m0/s1. The van der Waals surface area contributed by atoms with Crippen LogP contribution in [0.25, 0.3) is 22.3 Å². The maximum Gasteiger partial charge on any atom is 0.242 e. The first-order valence-electron chi connectivity index (χ1n) is 15.1. The van der Waals surface area contributed by atoms with Crippen molar-refractivity contribution < 1.29 is 28.1 Å². The summed E-state index contributed by atoms with van der Waals surface area (Å²) in [6.45, 7) is 2.51. The van der Waals surface area contributed by atoms with Crippen molar-refractivity contribution in [1.82, 2.24) is 36.0 Å². The zero-order chi connectivity index (χ0) is 31.8. The number of aromatic amines is 1. The largest absolute Gasteiger partial charge is 0.361 e. The van der Waals surface area contributed by atoms with E-state index >= 15 is 0 Å². The van der Waals surface area contributed by atoms with Crippen LogP contribution in [0, 0.1) is 5.82 Å². The van der Waals surface area contributed by atoms with Gasteiger partial charge >= 0.3 is 0 Å². The molecule has 12 nitrogen and oxygen atoms in total. The van der Waals surface area contributed by atoms with E-state index in [2.05, 4.69) is 31.1 Å². The van der Waals surface area contributed by atoms with Crippen molar-refractivity contribution in [1.29, 1.82) is 0 Å². The normalized spacial score (nSPS) is 18.9. The van der Waals surface area contributed by atoms with Gasteiger partial charge in [0.2, 0.25) is 35.3 Å². The molecule has 1 aliphatic rings. The molecule has 5 rings (SSSR count). The van der Waals surface area contributed by atoms with Gasteiger partial charge in [-0.15, -0.1) is 0 Å². The highest BCUT2D eigenvalue weighted by molar-refractivity contribution is 5.92. The second-order valence-electron chi connectivity index (χ2n) is 11.0. The number of aryl methyl sites for hydroxylation is 1. The minimum atomic E-state index is -0.873. The predicted molar refractivity (Wildman–Crippen MR) is 163 cm³/mol. The number of benzene rings is 2. The van der Waals surface area contributed by atoms with Crippen LogP contribution in [0.15, 0.2) is 59.3 Å². The molecule has 2 atom stereocenters. The Balaban J connectivity index is 1.22. The SMILES string of the molecule is C[C@@H]1NC(=O)CCCN(C(=O)CCc2nc(-c3ccccc3F)no2)CCCNC(=O)[C@@H](Cc2c[nH]c3ccccc23)NC1=O. The predicted octanol–water partition coefficient (Wildman–Crippen LogP) is 2.65. The van der Waals surface area contributed by atoms with Gasteiger partial charge in [-0.05, 0) is 43.5 Å². The van der Waals surface area contributed by atoms with Crippen LogP contribution in [0.1, 0.15) is 44.1 Å². The molecule has 0 unspecified atom stereocenters. The summed E-state index contributed by atoms with van der Waals surface area (Å²) in [7, 11) is 0. The zero-order valence-electron chi connectivity index (χ0n) is 25.0. The number of nitrogens with zero attached hydrogens (tertiary/aromatic N) is 3. The molecule has 0 saturated carbocycles. The molecule has 4 aromatic rings. The molecule has 0 spiro atoms. The van der Waals surface area contributed by atoms with E-state index in [4.69, 9.17) is 4.52 Å². The second kappa shape index (κ2) is 14.6. The Labute approximate surface area is 259 Å². The van der Waals surface area contributed by atoms with Crippen molar-refractivity contribution >= 4 is 34.5 Å². The minimum absolute atomic E-state index is 0.0691. The average molecular weight is 618 g/mol. The molecule has 2 aromatic carbocycles. The lowest BCUT2D eigenvalue weighted by atomic mass is 10.0. The number of H-pyrrole nitrogens is 1. The zero-order valence-corrected chi connectivity index (χ0v) is 25.0.